The highest BCUT2D eigenvalue weighted by Crippen LogP contribution is 2.49. The largest absolute Gasteiger partial charge is 0.435 e. The van der Waals surface area contributed by atoms with Gasteiger partial charge >= 0.3 is 6.18 Å². The van der Waals surface area contributed by atoms with Crippen LogP contribution < -0.4 is 10.9 Å². The third kappa shape index (κ3) is 4.24. The summed E-state index contributed by atoms with van der Waals surface area (Å²) in [6.45, 7) is 4.96. The van der Waals surface area contributed by atoms with Crippen LogP contribution in [0.5, 0.6) is 0 Å². The van der Waals surface area contributed by atoms with Crippen molar-refractivity contribution >= 4 is 40.5 Å². The number of nitrogens with one attached hydrogen (secondary N) is 2. The number of hydrazine groups is 1. The van der Waals surface area contributed by atoms with Crippen molar-refractivity contribution in [2.45, 2.75) is 25.1 Å². The number of anilines is 1. The van der Waals surface area contributed by atoms with Crippen molar-refractivity contribution in [1.82, 2.24) is 5.43 Å². The summed E-state index contributed by atoms with van der Waals surface area (Å²) < 4.78 is 42.3. The van der Waals surface area contributed by atoms with Crippen molar-refractivity contribution in [2.75, 3.05) is 5.43 Å². The van der Waals surface area contributed by atoms with E-state index >= 15 is 0 Å². The molecule has 2 N–H and O–H groups in total. The Labute approximate surface area is 180 Å². The predicted molar refractivity (Wildman–Crippen MR) is 110 cm³/mol. The molecule has 0 aromatic heterocycles. The minimum absolute atomic E-state index is 0.0692. The molecule has 0 saturated carbocycles. The number of amides is 1. The first kappa shape index (κ1) is 22.0. The first-order valence-corrected chi connectivity index (χ1v) is 9.39. The van der Waals surface area contributed by atoms with Gasteiger partial charge in [-0.3, -0.25) is 15.6 Å². The molecule has 2 aromatic rings. The van der Waals surface area contributed by atoms with E-state index in [9.17, 15) is 18.0 Å². The Hall–Kier alpha value is -2.71. The van der Waals surface area contributed by atoms with Gasteiger partial charge in [0.05, 0.1) is 16.4 Å². The third-order valence-corrected chi connectivity index (χ3v) is 5.05. The second-order valence-corrected chi connectivity index (χ2v) is 7.50. The van der Waals surface area contributed by atoms with Gasteiger partial charge in [-0.1, -0.05) is 47.1 Å². The second-order valence-electron chi connectivity index (χ2n) is 6.66. The van der Waals surface area contributed by atoms with Crippen LogP contribution >= 0.6 is 23.2 Å². The average molecular weight is 458 g/mol. The van der Waals surface area contributed by atoms with Crippen molar-refractivity contribution in [2.24, 2.45) is 5.16 Å². The zero-order valence-electron chi connectivity index (χ0n) is 15.6. The highest BCUT2D eigenvalue weighted by Gasteiger charge is 2.62. The van der Waals surface area contributed by atoms with Gasteiger partial charge in [0, 0.05) is 22.6 Å². The molecule has 3 rings (SSSR count). The van der Waals surface area contributed by atoms with Crippen LogP contribution in [-0.4, -0.2) is 17.8 Å². The molecule has 0 radical (unpaired) electrons. The van der Waals surface area contributed by atoms with Gasteiger partial charge in [0.15, 0.2) is 0 Å². The Morgan fingerprint density at radius 2 is 2.00 bits per heavy atom. The number of benzene rings is 2. The molecule has 1 heterocycles. The quantitative estimate of drug-likeness (QED) is 0.459. The van der Waals surface area contributed by atoms with Crippen LogP contribution in [-0.2, 0) is 15.2 Å². The van der Waals surface area contributed by atoms with Crippen LogP contribution in [0.4, 0.5) is 18.9 Å². The summed E-state index contributed by atoms with van der Waals surface area (Å²) in [4.78, 5) is 16.4. The molecule has 1 aliphatic rings. The maximum Gasteiger partial charge on any atom is 0.435 e. The monoisotopic (exact) mass is 457 g/mol. The Kier molecular flexibility index (Phi) is 6.01. The Morgan fingerprint density at radius 3 is 2.63 bits per heavy atom. The molecule has 0 fully saturated rings. The zero-order valence-corrected chi connectivity index (χ0v) is 17.1. The van der Waals surface area contributed by atoms with Gasteiger partial charge in [0.2, 0.25) is 0 Å². The van der Waals surface area contributed by atoms with E-state index in [1.807, 2.05) is 0 Å². The summed E-state index contributed by atoms with van der Waals surface area (Å²) in [5.41, 5.74) is 3.37. The molecule has 158 valence electrons. The number of rotatable bonds is 5. The van der Waals surface area contributed by atoms with Gasteiger partial charge in [0.25, 0.3) is 11.5 Å². The van der Waals surface area contributed by atoms with Crippen LogP contribution in [0.15, 0.2) is 54.2 Å². The van der Waals surface area contributed by atoms with E-state index in [4.69, 9.17) is 28.0 Å². The lowest BCUT2D eigenvalue weighted by Crippen LogP contribution is -2.42. The SMILES string of the molecule is C=CC(=O)NNc1cc(C2=NOC(c3cc(C)cc(Cl)c3)(C(F)(F)F)C2)ccc1Cl. The van der Waals surface area contributed by atoms with Gasteiger partial charge in [-0.25, -0.2) is 0 Å². The maximum absolute atomic E-state index is 14.1. The summed E-state index contributed by atoms with van der Waals surface area (Å²) >= 11 is 12.1. The fraction of sp³-hybridized carbons (Fsp3) is 0.200. The first-order valence-electron chi connectivity index (χ1n) is 8.63. The molecule has 10 heteroatoms. The van der Waals surface area contributed by atoms with Crippen LogP contribution in [0.3, 0.4) is 0 Å². The molecule has 2 aromatic carbocycles. The van der Waals surface area contributed by atoms with E-state index in [0.29, 0.717) is 11.1 Å². The molecular weight excluding hydrogens is 442 g/mol. The van der Waals surface area contributed by atoms with Crippen molar-refractivity contribution in [3.8, 4) is 0 Å². The van der Waals surface area contributed by atoms with Gasteiger partial charge in [-0.15, -0.1) is 0 Å². The Bertz CT molecular complexity index is 1020. The second kappa shape index (κ2) is 8.20. The number of halogens is 5. The standard InChI is InChI=1S/C20H16Cl2F3N3O2/c1-3-18(29)27-26-16-8-12(4-5-15(16)22)17-10-19(30-28-17,20(23,24)25)13-6-11(2)7-14(21)9-13/h3-9,26H,1,10H2,2H3,(H,27,29). The van der Waals surface area contributed by atoms with Gasteiger partial charge in [0.1, 0.15) is 0 Å². The lowest BCUT2D eigenvalue weighted by molar-refractivity contribution is -0.275. The fourth-order valence-corrected chi connectivity index (χ4v) is 3.46. The molecule has 1 aliphatic heterocycles. The van der Waals surface area contributed by atoms with E-state index < -0.39 is 24.1 Å². The molecule has 1 amide bonds. The number of nitrogens with zero attached hydrogens (tertiary/aromatic N) is 1. The number of hydrogen-bond donors (Lipinski definition) is 2. The van der Waals surface area contributed by atoms with Crippen LogP contribution in [0.25, 0.3) is 0 Å². The zero-order chi connectivity index (χ0) is 22.1. The average Bonchev–Trinajstić information content (AvgIpc) is 3.13. The lowest BCUT2D eigenvalue weighted by Gasteiger charge is -2.29. The van der Waals surface area contributed by atoms with Gasteiger partial charge in [-0.05, 0) is 42.8 Å². The van der Waals surface area contributed by atoms with Crippen LogP contribution in [0.1, 0.15) is 23.1 Å². The number of alkyl halides is 3. The van der Waals surface area contributed by atoms with E-state index in [0.717, 1.165) is 6.08 Å². The Balaban J connectivity index is 1.94. The van der Waals surface area contributed by atoms with Crippen molar-refractivity contribution < 1.29 is 22.8 Å². The summed E-state index contributed by atoms with van der Waals surface area (Å²) in [6, 6.07) is 8.60. The summed E-state index contributed by atoms with van der Waals surface area (Å²) in [6.07, 6.45) is -4.26. The van der Waals surface area contributed by atoms with E-state index in [1.165, 1.54) is 30.3 Å². The van der Waals surface area contributed by atoms with Crippen molar-refractivity contribution in [1.29, 1.82) is 0 Å². The summed E-state index contributed by atoms with van der Waals surface area (Å²) in [5.74, 6) is -0.509. The van der Waals surface area contributed by atoms with Crippen LogP contribution in [0, 0.1) is 6.92 Å². The van der Waals surface area contributed by atoms with Crippen LogP contribution in [0.2, 0.25) is 10.0 Å². The number of oxime groups is 1. The molecule has 0 spiro atoms. The molecule has 0 bridgehead atoms. The number of carbonyl (C=O) groups excluding carboxylic acids is 1. The normalized spacial score (nSPS) is 18.4. The molecule has 30 heavy (non-hydrogen) atoms. The number of hydrogen-bond acceptors (Lipinski definition) is 4. The smallest absolute Gasteiger partial charge is 0.374 e. The molecule has 0 saturated heterocycles. The molecular formula is C20H16Cl2F3N3O2. The third-order valence-electron chi connectivity index (χ3n) is 4.50. The molecule has 0 aliphatic carbocycles. The highest BCUT2D eigenvalue weighted by atomic mass is 35.5. The predicted octanol–water partition coefficient (Wildman–Crippen LogP) is 5.51. The number of aryl methyl sites for hydroxylation is 1. The van der Waals surface area contributed by atoms with Gasteiger partial charge < -0.3 is 4.84 Å². The molecule has 1 unspecified atom stereocenters. The first-order chi connectivity index (χ1) is 14.1. The van der Waals surface area contributed by atoms with E-state index in [-0.39, 0.29) is 27.0 Å². The minimum Gasteiger partial charge on any atom is -0.374 e. The number of carbonyl (C=O) groups is 1. The highest BCUT2D eigenvalue weighted by molar-refractivity contribution is 6.33. The molecule has 5 nitrogen and oxygen atoms in total. The minimum atomic E-state index is -4.75. The lowest BCUT2D eigenvalue weighted by atomic mass is 9.86. The maximum atomic E-state index is 14.1. The summed E-state index contributed by atoms with van der Waals surface area (Å²) in [5, 5.41) is 4.14. The van der Waals surface area contributed by atoms with E-state index in [1.54, 1.807) is 13.0 Å². The summed E-state index contributed by atoms with van der Waals surface area (Å²) in [7, 11) is 0. The van der Waals surface area contributed by atoms with Crippen molar-refractivity contribution in [3.63, 3.8) is 0 Å². The topological polar surface area (TPSA) is 62.7 Å². The van der Waals surface area contributed by atoms with Crippen molar-refractivity contribution in [3.05, 3.63) is 75.8 Å². The molecule has 1 atom stereocenters. The fourth-order valence-electron chi connectivity index (χ4n) is 3.01. The Morgan fingerprint density at radius 1 is 1.27 bits per heavy atom. The van der Waals surface area contributed by atoms with E-state index in [2.05, 4.69) is 22.6 Å². The van der Waals surface area contributed by atoms with Gasteiger partial charge in [-0.2, -0.15) is 13.2 Å².